The van der Waals surface area contributed by atoms with E-state index in [0.29, 0.717) is 11.3 Å². The lowest BCUT2D eigenvalue weighted by Gasteiger charge is -2.18. The second kappa shape index (κ2) is 6.89. The molecule has 0 heterocycles. The van der Waals surface area contributed by atoms with Crippen LogP contribution in [0, 0.1) is 5.92 Å². The summed E-state index contributed by atoms with van der Waals surface area (Å²) < 4.78 is 0. The SMILES string of the molecule is CC[C@H](C)[C@H](N)C(=O)Nc1ccccc1CC(=O)O. The van der Waals surface area contributed by atoms with E-state index in [0.717, 1.165) is 6.42 Å². The van der Waals surface area contributed by atoms with Crippen molar-refractivity contribution in [3.63, 3.8) is 0 Å². The Kier molecular flexibility index (Phi) is 5.51. The molecule has 1 amide bonds. The Balaban J connectivity index is 2.81. The summed E-state index contributed by atoms with van der Waals surface area (Å²) in [5.74, 6) is -1.15. The summed E-state index contributed by atoms with van der Waals surface area (Å²) in [5.41, 5.74) is 6.92. The van der Waals surface area contributed by atoms with E-state index in [1.54, 1.807) is 24.3 Å². The van der Waals surface area contributed by atoms with Crippen molar-refractivity contribution in [1.82, 2.24) is 0 Å². The monoisotopic (exact) mass is 264 g/mol. The van der Waals surface area contributed by atoms with Crippen LogP contribution >= 0.6 is 0 Å². The predicted molar refractivity (Wildman–Crippen MR) is 73.8 cm³/mol. The molecular weight excluding hydrogens is 244 g/mol. The number of carbonyl (C=O) groups is 2. The zero-order valence-electron chi connectivity index (χ0n) is 11.2. The number of carboxylic acid groups (broad SMARTS) is 1. The number of carboxylic acids is 1. The molecule has 1 aromatic rings. The summed E-state index contributed by atoms with van der Waals surface area (Å²) in [4.78, 5) is 22.7. The third kappa shape index (κ3) is 4.37. The molecule has 0 radical (unpaired) electrons. The lowest BCUT2D eigenvalue weighted by molar-refractivity contribution is -0.136. The Morgan fingerprint density at radius 1 is 1.37 bits per heavy atom. The molecule has 0 unspecified atom stereocenters. The van der Waals surface area contributed by atoms with Gasteiger partial charge < -0.3 is 16.2 Å². The van der Waals surface area contributed by atoms with Crippen molar-refractivity contribution in [3.8, 4) is 0 Å². The number of amides is 1. The first-order valence-electron chi connectivity index (χ1n) is 6.31. The predicted octanol–water partition coefficient (Wildman–Crippen LogP) is 1.63. The van der Waals surface area contributed by atoms with Crippen molar-refractivity contribution in [2.45, 2.75) is 32.7 Å². The third-order valence-electron chi connectivity index (χ3n) is 3.18. The van der Waals surface area contributed by atoms with Gasteiger partial charge in [-0.1, -0.05) is 38.5 Å². The summed E-state index contributed by atoms with van der Waals surface area (Å²) in [5, 5.41) is 11.5. The topological polar surface area (TPSA) is 92.4 Å². The van der Waals surface area contributed by atoms with Gasteiger partial charge in [0, 0.05) is 5.69 Å². The molecule has 0 aromatic heterocycles. The molecule has 0 aliphatic carbocycles. The van der Waals surface area contributed by atoms with Crippen LogP contribution in [0.5, 0.6) is 0 Å². The van der Waals surface area contributed by atoms with Gasteiger partial charge in [0.05, 0.1) is 12.5 Å². The van der Waals surface area contributed by atoms with E-state index in [9.17, 15) is 9.59 Å². The van der Waals surface area contributed by atoms with Gasteiger partial charge in [0.2, 0.25) is 5.91 Å². The van der Waals surface area contributed by atoms with E-state index in [-0.39, 0.29) is 18.2 Å². The summed E-state index contributed by atoms with van der Waals surface area (Å²) in [6, 6.07) is 6.25. The van der Waals surface area contributed by atoms with Crippen LogP contribution in [0.25, 0.3) is 0 Å². The normalized spacial score (nSPS) is 13.6. The van der Waals surface area contributed by atoms with Crippen molar-refractivity contribution in [2.24, 2.45) is 11.7 Å². The summed E-state index contributed by atoms with van der Waals surface area (Å²) in [7, 11) is 0. The quantitative estimate of drug-likeness (QED) is 0.728. The van der Waals surface area contributed by atoms with Crippen LogP contribution in [-0.2, 0) is 16.0 Å². The lowest BCUT2D eigenvalue weighted by atomic mass is 9.99. The first-order valence-corrected chi connectivity index (χ1v) is 6.31. The van der Waals surface area contributed by atoms with Crippen LogP contribution < -0.4 is 11.1 Å². The van der Waals surface area contributed by atoms with Crippen molar-refractivity contribution in [2.75, 3.05) is 5.32 Å². The fraction of sp³-hybridized carbons (Fsp3) is 0.429. The fourth-order valence-corrected chi connectivity index (χ4v) is 1.69. The van der Waals surface area contributed by atoms with Gasteiger partial charge in [-0.15, -0.1) is 0 Å². The van der Waals surface area contributed by atoms with Crippen LogP contribution in [0.3, 0.4) is 0 Å². The number of hydrogen-bond donors (Lipinski definition) is 3. The van der Waals surface area contributed by atoms with Crippen molar-refractivity contribution < 1.29 is 14.7 Å². The maximum Gasteiger partial charge on any atom is 0.307 e. The molecule has 1 rings (SSSR count). The summed E-state index contributed by atoms with van der Waals surface area (Å²) >= 11 is 0. The molecule has 0 fully saturated rings. The van der Waals surface area contributed by atoms with Gasteiger partial charge in [0.1, 0.15) is 0 Å². The maximum absolute atomic E-state index is 12.0. The number of benzene rings is 1. The molecule has 0 saturated heterocycles. The molecule has 104 valence electrons. The van der Waals surface area contributed by atoms with Gasteiger partial charge in [-0.05, 0) is 17.5 Å². The van der Waals surface area contributed by atoms with E-state index in [2.05, 4.69) is 5.32 Å². The Morgan fingerprint density at radius 3 is 2.58 bits per heavy atom. The molecule has 0 spiro atoms. The van der Waals surface area contributed by atoms with Gasteiger partial charge in [-0.25, -0.2) is 0 Å². The number of carbonyl (C=O) groups excluding carboxylic acids is 1. The first kappa shape index (κ1) is 15.2. The molecule has 5 nitrogen and oxygen atoms in total. The Hall–Kier alpha value is -1.88. The van der Waals surface area contributed by atoms with Crippen molar-refractivity contribution >= 4 is 17.6 Å². The van der Waals surface area contributed by atoms with Crippen molar-refractivity contribution in [1.29, 1.82) is 0 Å². The highest BCUT2D eigenvalue weighted by atomic mass is 16.4. The van der Waals surface area contributed by atoms with E-state index in [4.69, 9.17) is 10.8 Å². The average molecular weight is 264 g/mol. The van der Waals surface area contributed by atoms with Crippen molar-refractivity contribution in [3.05, 3.63) is 29.8 Å². The largest absolute Gasteiger partial charge is 0.481 e. The number of rotatable bonds is 6. The second-order valence-electron chi connectivity index (χ2n) is 4.63. The smallest absolute Gasteiger partial charge is 0.307 e. The Morgan fingerprint density at radius 2 is 2.00 bits per heavy atom. The minimum absolute atomic E-state index is 0.0756. The molecule has 2 atom stereocenters. The van der Waals surface area contributed by atoms with Crippen LogP contribution in [0.15, 0.2) is 24.3 Å². The molecule has 0 aliphatic heterocycles. The number of aliphatic carboxylic acids is 1. The van der Waals surface area contributed by atoms with Crippen LogP contribution in [-0.4, -0.2) is 23.0 Å². The maximum atomic E-state index is 12.0. The van der Waals surface area contributed by atoms with E-state index in [1.807, 2.05) is 13.8 Å². The van der Waals surface area contributed by atoms with Crippen LogP contribution in [0.2, 0.25) is 0 Å². The van der Waals surface area contributed by atoms with Gasteiger partial charge in [0.25, 0.3) is 0 Å². The summed E-state index contributed by atoms with van der Waals surface area (Å²) in [6.45, 7) is 3.88. The Labute approximate surface area is 112 Å². The molecular formula is C14H20N2O3. The molecule has 0 bridgehead atoms. The number of hydrogen-bond acceptors (Lipinski definition) is 3. The van der Waals surface area contributed by atoms with E-state index < -0.39 is 12.0 Å². The third-order valence-corrected chi connectivity index (χ3v) is 3.18. The van der Waals surface area contributed by atoms with Crippen LogP contribution in [0.4, 0.5) is 5.69 Å². The second-order valence-corrected chi connectivity index (χ2v) is 4.63. The summed E-state index contributed by atoms with van der Waals surface area (Å²) in [6.07, 6.45) is 0.681. The fourth-order valence-electron chi connectivity index (χ4n) is 1.69. The standard InChI is InChI=1S/C14H20N2O3/c1-3-9(2)13(15)14(19)16-11-7-5-4-6-10(11)8-12(17)18/h4-7,9,13H,3,8,15H2,1-2H3,(H,16,19)(H,17,18)/t9-,13-/m0/s1. The molecule has 0 saturated carbocycles. The lowest BCUT2D eigenvalue weighted by Crippen LogP contribution is -2.40. The van der Waals surface area contributed by atoms with Crippen LogP contribution in [0.1, 0.15) is 25.8 Å². The Bertz CT molecular complexity index is 460. The highest BCUT2D eigenvalue weighted by Crippen LogP contribution is 2.17. The first-order chi connectivity index (χ1) is 8.95. The molecule has 19 heavy (non-hydrogen) atoms. The van der Waals surface area contributed by atoms with Gasteiger partial charge in [-0.3, -0.25) is 9.59 Å². The van der Waals surface area contributed by atoms with Gasteiger partial charge in [-0.2, -0.15) is 0 Å². The molecule has 5 heteroatoms. The minimum atomic E-state index is -0.937. The molecule has 1 aromatic carbocycles. The number of nitrogens with two attached hydrogens (primary N) is 1. The minimum Gasteiger partial charge on any atom is -0.481 e. The number of nitrogens with one attached hydrogen (secondary N) is 1. The molecule has 4 N–H and O–H groups in total. The van der Waals surface area contributed by atoms with E-state index >= 15 is 0 Å². The average Bonchev–Trinajstić information content (AvgIpc) is 2.38. The number of anilines is 1. The van der Waals surface area contributed by atoms with Gasteiger partial charge in [0.15, 0.2) is 0 Å². The van der Waals surface area contributed by atoms with E-state index in [1.165, 1.54) is 0 Å². The molecule has 0 aliphatic rings. The highest BCUT2D eigenvalue weighted by Gasteiger charge is 2.20. The number of para-hydroxylation sites is 1. The zero-order valence-corrected chi connectivity index (χ0v) is 11.2. The van der Waals surface area contributed by atoms with Gasteiger partial charge >= 0.3 is 5.97 Å². The zero-order chi connectivity index (χ0) is 14.4. The highest BCUT2D eigenvalue weighted by molar-refractivity contribution is 5.96.